The lowest BCUT2D eigenvalue weighted by Gasteiger charge is -2.41. The van der Waals surface area contributed by atoms with Crippen LogP contribution in [-0.2, 0) is 0 Å². The van der Waals surface area contributed by atoms with E-state index in [1.165, 1.54) is 0 Å². The molecule has 0 aromatic heterocycles. The summed E-state index contributed by atoms with van der Waals surface area (Å²) in [5.41, 5.74) is 5.96. The fraction of sp³-hybridized carbons (Fsp3) is 0.467. The van der Waals surface area contributed by atoms with Crippen molar-refractivity contribution in [3.05, 3.63) is 29.3 Å². The van der Waals surface area contributed by atoms with E-state index in [0.29, 0.717) is 0 Å². The molecule has 0 aliphatic carbocycles. The van der Waals surface area contributed by atoms with Gasteiger partial charge in [-0.1, -0.05) is 0 Å². The number of alkyl halides is 15. The van der Waals surface area contributed by atoms with E-state index in [0.717, 1.165) is 0 Å². The lowest BCUT2D eigenvalue weighted by molar-refractivity contribution is -0.451. The Morgan fingerprint density at radius 3 is 1.24 bits per heavy atom. The van der Waals surface area contributed by atoms with Crippen LogP contribution in [0.25, 0.3) is 0 Å². The molecule has 3 nitrogen and oxygen atoms in total. The second kappa shape index (κ2) is 9.02. The van der Waals surface area contributed by atoms with E-state index in [1.54, 1.807) is 0 Å². The number of hydrogen-bond acceptors (Lipinski definition) is 3. The third kappa shape index (κ3) is 4.25. The number of nitrogen functional groups attached to an aromatic ring is 2. The molecule has 23 heteroatoms. The highest BCUT2D eigenvalue weighted by Gasteiger charge is 2.93. The number of nitrogens with two attached hydrogens (primary N) is 2. The van der Waals surface area contributed by atoms with Gasteiger partial charge in [-0.3, -0.25) is 0 Å². The third-order valence-corrected chi connectivity index (χ3v) is 4.32. The molecule has 0 radical (unpaired) electrons. The van der Waals surface area contributed by atoms with Crippen LogP contribution < -0.4 is 16.2 Å². The molecule has 4 N–H and O–H groups in total. The van der Waals surface area contributed by atoms with Gasteiger partial charge < -0.3 is 16.2 Å². The summed E-state index contributed by atoms with van der Waals surface area (Å²) in [4.78, 5) is 0. The zero-order valence-corrected chi connectivity index (χ0v) is 16.6. The summed E-state index contributed by atoms with van der Waals surface area (Å²) in [5, 5.41) is 0. The standard InChI is InChI=1S/C15H4F20N2O/c16-1-2(17)6(3(18)5(37)4(1)36)38-8(20)7(19)9(21,22)10(23,24)11(25,26)12(27,28)13(29,30)14(31,32)15(33,34)35/h36-37H2. The maximum atomic E-state index is 13.7. The van der Waals surface area contributed by atoms with Crippen LogP contribution in [-0.4, -0.2) is 41.7 Å². The van der Waals surface area contributed by atoms with Gasteiger partial charge in [-0.2, -0.15) is 79.0 Å². The maximum Gasteiger partial charge on any atom is 0.460 e. The molecule has 220 valence electrons. The maximum absolute atomic E-state index is 13.7. The molecule has 38 heavy (non-hydrogen) atoms. The third-order valence-electron chi connectivity index (χ3n) is 4.32. The Morgan fingerprint density at radius 1 is 0.500 bits per heavy atom. The van der Waals surface area contributed by atoms with Crippen LogP contribution in [0.1, 0.15) is 0 Å². The van der Waals surface area contributed by atoms with Crippen LogP contribution in [0, 0.1) is 17.5 Å². The first kappa shape index (κ1) is 33.0. The fourth-order valence-corrected chi connectivity index (χ4v) is 2.13. The first-order chi connectivity index (χ1) is 16.5. The van der Waals surface area contributed by atoms with Crippen molar-refractivity contribution in [2.45, 2.75) is 41.7 Å². The number of hydrogen-bond donors (Lipinski definition) is 2. The van der Waals surface area contributed by atoms with Crippen LogP contribution in [0.15, 0.2) is 11.8 Å². The zero-order valence-electron chi connectivity index (χ0n) is 16.6. The SMILES string of the molecule is Nc1c(N)c(F)c(OC(F)=C(F)C(F)(F)C(F)(F)C(F)(F)C(F)(F)C(F)(F)C(F)(F)C(F)(F)F)c(F)c1F. The minimum Gasteiger partial charge on any atom is -0.423 e. The quantitative estimate of drug-likeness (QED) is 0.143. The van der Waals surface area contributed by atoms with E-state index in [4.69, 9.17) is 0 Å². The summed E-state index contributed by atoms with van der Waals surface area (Å²) in [7, 11) is 0. The molecule has 0 aliphatic heterocycles. The van der Waals surface area contributed by atoms with E-state index < -0.39 is 88.1 Å². The predicted molar refractivity (Wildman–Crippen MR) is 80.7 cm³/mol. The van der Waals surface area contributed by atoms with Crippen molar-refractivity contribution in [3.63, 3.8) is 0 Å². The Hall–Kier alpha value is -3.04. The van der Waals surface area contributed by atoms with Gasteiger partial charge in [-0.15, -0.1) is 0 Å². The molecular formula is C15H4F20N2O. The summed E-state index contributed by atoms with van der Waals surface area (Å²) in [6, 6.07) is -4.21. The van der Waals surface area contributed by atoms with Gasteiger partial charge >= 0.3 is 47.7 Å². The average Bonchev–Trinajstić information content (AvgIpc) is 2.76. The number of allylic oxidation sites excluding steroid dienone is 1. The first-order valence-corrected chi connectivity index (χ1v) is 8.27. The molecule has 0 saturated heterocycles. The van der Waals surface area contributed by atoms with E-state index in [9.17, 15) is 87.8 Å². The highest BCUT2D eigenvalue weighted by atomic mass is 19.4. The molecular weight excluding hydrogens is 604 g/mol. The summed E-state index contributed by atoms with van der Waals surface area (Å²) in [6.45, 7) is 0. The van der Waals surface area contributed by atoms with Gasteiger partial charge in [0.1, 0.15) is 0 Å². The predicted octanol–water partition coefficient (Wildman–Crippen LogP) is 7.13. The van der Waals surface area contributed by atoms with Crippen molar-refractivity contribution >= 4 is 11.4 Å². The van der Waals surface area contributed by atoms with Gasteiger partial charge in [-0.05, 0) is 0 Å². The second-order valence-corrected chi connectivity index (χ2v) is 6.73. The normalized spacial score (nSPS) is 15.5. The Balaban J connectivity index is 3.74. The van der Waals surface area contributed by atoms with Crippen LogP contribution in [0.3, 0.4) is 0 Å². The van der Waals surface area contributed by atoms with E-state index in [2.05, 4.69) is 16.2 Å². The van der Waals surface area contributed by atoms with Crippen molar-refractivity contribution in [1.29, 1.82) is 0 Å². The molecule has 0 heterocycles. The summed E-state index contributed by atoms with van der Waals surface area (Å²) in [6.07, 6.45) is -7.90. The zero-order chi connectivity index (χ0) is 30.8. The average molecular weight is 608 g/mol. The molecule has 0 aliphatic rings. The largest absolute Gasteiger partial charge is 0.460 e. The fourth-order valence-electron chi connectivity index (χ4n) is 2.13. The molecule has 0 unspecified atom stereocenters. The number of rotatable bonds is 8. The van der Waals surface area contributed by atoms with Crippen molar-refractivity contribution < 1.29 is 92.5 Å². The van der Waals surface area contributed by atoms with Crippen LogP contribution >= 0.6 is 0 Å². The molecule has 0 atom stereocenters. The van der Waals surface area contributed by atoms with Gasteiger partial charge in [0.2, 0.25) is 17.4 Å². The summed E-state index contributed by atoms with van der Waals surface area (Å²) >= 11 is 0. The highest BCUT2D eigenvalue weighted by Crippen LogP contribution is 2.63. The van der Waals surface area contributed by atoms with Gasteiger partial charge in [0, 0.05) is 0 Å². The van der Waals surface area contributed by atoms with E-state index >= 15 is 0 Å². The Kier molecular flexibility index (Phi) is 7.83. The first-order valence-electron chi connectivity index (χ1n) is 8.27. The molecule has 1 aromatic rings. The number of halogens is 20. The number of anilines is 2. The molecule has 1 rings (SSSR count). The molecule has 0 spiro atoms. The van der Waals surface area contributed by atoms with Crippen LogP contribution in [0.2, 0.25) is 0 Å². The lowest BCUT2D eigenvalue weighted by Crippen LogP contribution is -2.72. The van der Waals surface area contributed by atoms with Gasteiger partial charge in [-0.25, -0.2) is 8.78 Å². The van der Waals surface area contributed by atoms with E-state index in [1.807, 2.05) is 0 Å². The number of benzene rings is 1. The van der Waals surface area contributed by atoms with E-state index in [-0.39, 0.29) is 0 Å². The van der Waals surface area contributed by atoms with Crippen molar-refractivity contribution in [2.75, 3.05) is 11.5 Å². The Bertz CT molecular complexity index is 1090. The molecule has 0 fully saturated rings. The molecule has 1 aromatic carbocycles. The summed E-state index contributed by atoms with van der Waals surface area (Å²) < 4.78 is 267. The topological polar surface area (TPSA) is 61.3 Å². The number of ether oxygens (including phenoxy) is 1. The molecule has 0 bridgehead atoms. The Morgan fingerprint density at radius 2 is 0.842 bits per heavy atom. The minimum atomic E-state index is -8.82. The van der Waals surface area contributed by atoms with Gasteiger partial charge in [0.15, 0.2) is 11.6 Å². The van der Waals surface area contributed by atoms with Crippen molar-refractivity contribution in [2.24, 2.45) is 0 Å². The van der Waals surface area contributed by atoms with Crippen molar-refractivity contribution in [3.8, 4) is 5.75 Å². The lowest BCUT2D eigenvalue weighted by atomic mass is 9.91. The van der Waals surface area contributed by atoms with Gasteiger partial charge in [0.05, 0.1) is 11.4 Å². The van der Waals surface area contributed by atoms with Crippen LogP contribution in [0.4, 0.5) is 99.2 Å². The van der Waals surface area contributed by atoms with Crippen LogP contribution in [0.5, 0.6) is 5.75 Å². The minimum absolute atomic E-state index is 1.65. The highest BCUT2D eigenvalue weighted by molar-refractivity contribution is 5.67. The monoisotopic (exact) mass is 608 g/mol. The molecule has 0 amide bonds. The van der Waals surface area contributed by atoms with Gasteiger partial charge in [0.25, 0.3) is 0 Å². The molecule has 0 saturated carbocycles. The van der Waals surface area contributed by atoms with Crippen molar-refractivity contribution in [1.82, 2.24) is 0 Å². The second-order valence-electron chi connectivity index (χ2n) is 6.73. The smallest absolute Gasteiger partial charge is 0.423 e. The summed E-state index contributed by atoms with van der Waals surface area (Å²) in [5.74, 6) is -66.8. The Labute approximate surface area is 193 Å².